The van der Waals surface area contributed by atoms with E-state index in [1.165, 1.54) is 17.5 Å². The molecular formula is C15H20ClNO2. The number of hydrogen-bond acceptors (Lipinski definition) is 2. The number of nitrogens with one attached hydrogen (secondary N) is 1. The van der Waals surface area contributed by atoms with Crippen LogP contribution in [0, 0.1) is 0 Å². The molecule has 0 radical (unpaired) electrons. The number of carbonyl (C=O) groups is 1. The van der Waals surface area contributed by atoms with Gasteiger partial charge in [-0.15, -0.1) is 11.6 Å². The maximum Gasteiger partial charge on any atom is 0.251 e. The van der Waals surface area contributed by atoms with Crippen LogP contribution in [-0.4, -0.2) is 31.5 Å². The van der Waals surface area contributed by atoms with Crippen LogP contribution in [0.5, 0.6) is 0 Å². The molecule has 4 heteroatoms. The maximum absolute atomic E-state index is 12.0. The third kappa shape index (κ3) is 4.22. The van der Waals surface area contributed by atoms with E-state index in [-0.39, 0.29) is 5.91 Å². The number of halogens is 1. The monoisotopic (exact) mass is 281 g/mol. The molecule has 0 saturated heterocycles. The van der Waals surface area contributed by atoms with Gasteiger partial charge in [-0.3, -0.25) is 4.79 Å². The molecule has 3 nitrogen and oxygen atoms in total. The van der Waals surface area contributed by atoms with Crippen molar-refractivity contribution >= 4 is 17.5 Å². The summed E-state index contributed by atoms with van der Waals surface area (Å²) in [5.41, 5.74) is 3.49. The minimum Gasteiger partial charge on any atom is -0.380 e. The Balaban J connectivity index is 1.74. The summed E-state index contributed by atoms with van der Waals surface area (Å²) in [6.07, 6.45) is 4.27. The largest absolute Gasteiger partial charge is 0.380 e. The van der Waals surface area contributed by atoms with Gasteiger partial charge in [0.1, 0.15) is 0 Å². The van der Waals surface area contributed by atoms with Gasteiger partial charge >= 0.3 is 0 Å². The molecule has 1 N–H and O–H groups in total. The Hall–Kier alpha value is -1.06. The highest BCUT2D eigenvalue weighted by Gasteiger charge is 2.13. The molecular weight excluding hydrogens is 262 g/mol. The van der Waals surface area contributed by atoms with Crippen molar-refractivity contribution in [1.29, 1.82) is 0 Å². The maximum atomic E-state index is 12.0. The highest BCUT2D eigenvalue weighted by molar-refractivity contribution is 6.17. The van der Waals surface area contributed by atoms with Crippen molar-refractivity contribution < 1.29 is 9.53 Å². The fourth-order valence-corrected chi connectivity index (χ4v) is 2.46. The number of rotatable bonds is 7. The van der Waals surface area contributed by atoms with E-state index in [1.54, 1.807) is 0 Å². The molecule has 0 aliphatic heterocycles. The Morgan fingerprint density at radius 1 is 1.26 bits per heavy atom. The molecule has 2 rings (SSSR count). The number of alkyl halides is 1. The standard InChI is InChI=1S/C15H20ClNO2/c16-7-10-19-9-2-8-17-15(18)14-6-5-12-3-1-4-13(12)11-14/h5-6,11H,1-4,7-10H2,(H,17,18). The average Bonchev–Trinajstić information content (AvgIpc) is 2.89. The predicted molar refractivity (Wildman–Crippen MR) is 77.0 cm³/mol. The molecule has 1 amide bonds. The fraction of sp³-hybridized carbons (Fsp3) is 0.533. The number of amides is 1. The SMILES string of the molecule is O=C(NCCCOCCCl)c1ccc2c(c1)CCC2. The minimum atomic E-state index is 0.00652. The second-order valence-electron chi connectivity index (χ2n) is 4.75. The Kier molecular flexibility index (Phi) is 5.67. The lowest BCUT2D eigenvalue weighted by atomic mass is 10.1. The van der Waals surface area contributed by atoms with E-state index in [1.807, 2.05) is 12.1 Å². The van der Waals surface area contributed by atoms with Gasteiger partial charge in [0.2, 0.25) is 0 Å². The first-order valence-electron chi connectivity index (χ1n) is 6.85. The first kappa shape index (κ1) is 14.4. The normalized spacial score (nSPS) is 13.3. The highest BCUT2D eigenvalue weighted by Crippen LogP contribution is 2.22. The van der Waals surface area contributed by atoms with E-state index < -0.39 is 0 Å². The van der Waals surface area contributed by atoms with Crippen molar-refractivity contribution in [3.8, 4) is 0 Å². The number of benzene rings is 1. The lowest BCUT2D eigenvalue weighted by Crippen LogP contribution is -2.25. The second-order valence-corrected chi connectivity index (χ2v) is 5.13. The van der Waals surface area contributed by atoms with E-state index >= 15 is 0 Å². The van der Waals surface area contributed by atoms with Crippen molar-refractivity contribution in [2.45, 2.75) is 25.7 Å². The molecule has 1 aliphatic rings. The van der Waals surface area contributed by atoms with Crippen LogP contribution < -0.4 is 5.32 Å². The predicted octanol–water partition coefficient (Wildman–Crippen LogP) is 2.55. The third-order valence-corrected chi connectivity index (χ3v) is 3.49. The first-order chi connectivity index (χ1) is 9.31. The van der Waals surface area contributed by atoms with Gasteiger partial charge in [0.25, 0.3) is 5.91 Å². The van der Waals surface area contributed by atoms with Crippen LogP contribution in [0.25, 0.3) is 0 Å². The van der Waals surface area contributed by atoms with E-state index in [0.717, 1.165) is 24.8 Å². The van der Waals surface area contributed by atoms with Gasteiger partial charge < -0.3 is 10.1 Å². The van der Waals surface area contributed by atoms with Crippen LogP contribution in [0.3, 0.4) is 0 Å². The van der Waals surface area contributed by atoms with Crippen molar-refractivity contribution in [1.82, 2.24) is 5.32 Å². The van der Waals surface area contributed by atoms with Crippen LogP contribution in [0.4, 0.5) is 0 Å². The smallest absolute Gasteiger partial charge is 0.251 e. The van der Waals surface area contributed by atoms with Crippen LogP contribution in [0.15, 0.2) is 18.2 Å². The van der Waals surface area contributed by atoms with Crippen molar-refractivity contribution in [2.24, 2.45) is 0 Å². The van der Waals surface area contributed by atoms with E-state index in [4.69, 9.17) is 16.3 Å². The third-order valence-electron chi connectivity index (χ3n) is 3.33. The van der Waals surface area contributed by atoms with Gasteiger partial charge in [-0.2, -0.15) is 0 Å². The number of hydrogen-bond donors (Lipinski definition) is 1. The van der Waals surface area contributed by atoms with Crippen molar-refractivity contribution in [3.63, 3.8) is 0 Å². The summed E-state index contributed by atoms with van der Waals surface area (Å²) in [5.74, 6) is 0.522. The van der Waals surface area contributed by atoms with Crippen LogP contribution in [-0.2, 0) is 17.6 Å². The topological polar surface area (TPSA) is 38.3 Å². The molecule has 0 heterocycles. The van der Waals surface area contributed by atoms with Crippen LogP contribution >= 0.6 is 11.6 Å². The van der Waals surface area contributed by atoms with Gasteiger partial charge in [0, 0.05) is 24.6 Å². The molecule has 0 saturated carbocycles. The summed E-state index contributed by atoms with van der Waals surface area (Å²) in [5, 5.41) is 2.92. The van der Waals surface area contributed by atoms with Gasteiger partial charge in [-0.1, -0.05) is 6.07 Å². The second kappa shape index (κ2) is 7.51. The molecule has 1 aromatic carbocycles. The number of carbonyl (C=O) groups excluding carboxylic acids is 1. The molecule has 1 aromatic rings. The minimum absolute atomic E-state index is 0.00652. The molecule has 0 bridgehead atoms. The number of aryl methyl sites for hydroxylation is 2. The van der Waals surface area contributed by atoms with Gasteiger partial charge in [0.15, 0.2) is 0 Å². The first-order valence-corrected chi connectivity index (χ1v) is 7.38. The Morgan fingerprint density at radius 2 is 2.11 bits per heavy atom. The molecule has 104 valence electrons. The number of fused-ring (bicyclic) bond motifs is 1. The lowest BCUT2D eigenvalue weighted by molar-refractivity contribution is 0.0944. The zero-order valence-electron chi connectivity index (χ0n) is 11.1. The van der Waals surface area contributed by atoms with Gasteiger partial charge in [0.05, 0.1) is 6.61 Å². The summed E-state index contributed by atoms with van der Waals surface area (Å²) in [6, 6.07) is 6.03. The average molecular weight is 282 g/mol. The van der Waals surface area contributed by atoms with Crippen LogP contribution in [0.1, 0.15) is 34.3 Å². The molecule has 1 aliphatic carbocycles. The Labute approximate surface area is 119 Å². The molecule has 0 aromatic heterocycles. The summed E-state index contributed by atoms with van der Waals surface area (Å²) >= 11 is 5.50. The Bertz CT molecular complexity index is 434. The zero-order valence-corrected chi connectivity index (χ0v) is 11.8. The van der Waals surface area contributed by atoms with E-state index in [2.05, 4.69) is 11.4 Å². The summed E-state index contributed by atoms with van der Waals surface area (Å²) in [4.78, 5) is 12.0. The molecule has 0 spiro atoms. The van der Waals surface area contributed by atoms with Crippen molar-refractivity contribution in [3.05, 3.63) is 34.9 Å². The molecule has 0 unspecified atom stereocenters. The van der Waals surface area contributed by atoms with Gasteiger partial charge in [-0.25, -0.2) is 0 Å². The molecule has 0 fully saturated rings. The number of ether oxygens (including phenoxy) is 1. The van der Waals surface area contributed by atoms with E-state index in [9.17, 15) is 4.79 Å². The molecule has 0 atom stereocenters. The summed E-state index contributed by atoms with van der Waals surface area (Å²) in [7, 11) is 0. The van der Waals surface area contributed by atoms with Gasteiger partial charge in [-0.05, 0) is 48.9 Å². The fourth-order valence-electron chi connectivity index (χ4n) is 2.35. The summed E-state index contributed by atoms with van der Waals surface area (Å²) < 4.78 is 5.25. The zero-order chi connectivity index (χ0) is 13.5. The summed E-state index contributed by atoms with van der Waals surface area (Å²) in [6.45, 7) is 1.84. The lowest BCUT2D eigenvalue weighted by Gasteiger charge is -2.07. The highest BCUT2D eigenvalue weighted by atomic mass is 35.5. The Morgan fingerprint density at radius 3 is 2.95 bits per heavy atom. The van der Waals surface area contributed by atoms with Crippen LogP contribution in [0.2, 0.25) is 0 Å². The van der Waals surface area contributed by atoms with Crippen molar-refractivity contribution in [2.75, 3.05) is 25.6 Å². The van der Waals surface area contributed by atoms with E-state index in [0.29, 0.717) is 25.6 Å². The molecule has 19 heavy (non-hydrogen) atoms. The quantitative estimate of drug-likeness (QED) is 0.616.